The molecule has 0 spiro atoms. The monoisotopic (exact) mass is 420 g/mol. The summed E-state index contributed by atoms with van der Waals surface area (Å²) in [6.45, 7) is 11.5. The minimum Gasteiger partial charge on any atom is -0.467 e. The minimum atomic E-state index is 0.00140. The number of nitrogens with one attached hydrogen (secondary N) is 1. The Balaban J connectivity index is 1.22. The molecule has 0 unspecified atom stereocenters. The average Bonchev–Trinajstić information content (AvgIpc) is 3.39. The third kappa shape index (κ3) is 5.46. The van der Waals surface area contributed by atoms with E-state index in [1.54, 1.807) is 6.26 Å². The molecule has 3 heterocycles. The fraction of sp³-hybridized carbons (Fsp3) is 0.400. The summed E-state index contributed by atoms with van der Waals surface area (Å²) in [6, 6.07) is 16.5. The van der Waals surface area contributed by atoms with E-state index < -0.39 is 0 Å². The van der Waals surface area contributed by atoms with Crippen molar-refractivity contribution in [2.24, 2.45) is 0 Å². The van der Waals surface area contributed by atoms with Crippen molar-refractivity contribution in [3.63, 3.8) is 0 Å². The second-order valence-electron chi connectivity index (χ2n) is 8.31. The number of carbonyl (C=O) groups excluding carboxylic acids is 1. The maximum Gasteiger partial charge on any atom is 0.253 e. The summed E-state index contributed by atoms with van der Waals surface area (Å²) in [5, 5.41) is 3.11. The van der Waals surface area contributed by atoms with Gasteiger partial charge in [-0.2, -0.15) is 0 Å². The van der Waals surface area contributed by atoms with Gasteiger partial charge in [0.1, 0.15) is 5.76 Å². The molecule has 1 aliphatic rings. The Morgan fingerprint density at radius 2 is 1.71 bits per heavy atom. The lowest BCUT2D eigenvalue weighted by atomic mass is 10.2. The summed E-state index contributed by atoms with van der Waals surface area (Å²) in [5.74, 6) is 0.890. The first kappa shape index (κ1) is 21.4. The number of carbonyl (C=O) groups is 1. The van der Waals surface area contributed by atoms with Crippen molar-refractivity contribution in [3.8, 4) is 0 Å². The van der Waals surface area contributed by atoms with Crippen LogP contribution in [0.25, 0.3) is 0 Å². The van der Waals surface area contributed by atoms with Crippen LogP contribution in [0.3, 0.4) is 0 Å². The van der Waals surface area contributed by atoms with Crippen LogP contribution in [0, 0.1) is 13.8 Å². The maximum absolute atomic E-state index is 12.8. The molecule has 1 aromatic carbocycles. The second-order valence-corrected chi connectivity index (χ2v) is 8.31. The summed E-state index contributed by atoms with van der Waals surface area (Å²) in [4.78, 5) is 17.7. The standard InChI is InChI=1S/C25H32N4O2/c1-20-17-24(21(2)29(20)19-23-9-6-16-31-23)25(30)26-10-11-27-12-14-28(15-13-27)18-22-7-4-3-5-8-22/h3-9,16-17H,10-15,18-19H2,1-2H3,(H,26,30). The number of rotatable bonds is 8. The van der Waals surface area contributed by atoms with E-state index in [0.717, 1.165) is 62.0 Å². The maximum atomic E-state index is 12.8. The Morgan fingerprint density at radius 3 is 2.42 bits per heavy atom. The van der Waals surface area contributed by atoms with E-state index in [-0.39, 0.29) is 5.91 Å². The highest BCUT2D eigenvalue weighted by molar-refractivity contribution is 5.95. The fourth-order valence-electron chi connectivity index (χ4n) is 4.27. The number of nitrogens with zero attached hydrogens (tertiary/aromatic N) is 3. The zero-order valence-electron chi connectivity index (χ0n) is 18.5. The van der Waals surface area contributed by atoms with Gasteiger partial charge < -0.3 is 14.3 Å². The van der Waals surface area contributed by atoms with Crippen LogP contribution >= 0.6 is 0 Å². The number of furan rings is 1. The van der Waals surface area contributed by atoms with E-state index in [1.807, 2.05) is 32.0 Å². The van der Waals surface area contributed by atoms with Crippen molar-refractivity contribution < 1.29 is 9.21 Å². The molecule has 3 aromatic rings. The number of hydrogen-bond acceptors (Lipinski definition) is 4. The number of hydrogen-bond donors (Lipinski definition) is 1. The number of piperazine rings is 1. The molecule has 0 bridgehead atoms. The van der Waals surface area contributed by atoms with Crippen molar-refractivity contribution in [1.29, 1.82) is 0 Å². The number of amides is 1. The molecule has 6 heteroatoms. The van der Waals surface area contributed by atoms with Gasteiger partial charge >= 0.3 is 0 Å². The van der Waals surface area contributed by atoms with Crippen LogP contribution < -0.4 is 5.32 Å². The third-order valence-corrected chi connectivity index (χ3v) is 6.14. The van der Waals surface area contributed by atoms with Gasteiger partial charge in [-0.05, 0) is 37.6 Å². The van der Waals surface area contributed by atoms with E-state index in [0.29, 0.717) is 13.1 Å². The first-order valence-corrected chi connectivity index (χ1v) is 11.1. The van der Waals surface area contributed by atoms with Crippen LogP contribution in [0.2, 0.25) is 0 Å². The summed E-state index contributed by atoms with van der Waals surface area (Å²) in [6.07, 6.45) is 1.68. The molecule has 4 rings (SSSR count). The van der Waals surface area contributed by atoms with Crippen molar-refractivity contribution in [1.82, 2.24) is 19.7 Å². The third-order valence-electron chi connectivity index (χ3n) is 6.14. The Morgan fingerprint density at radius 1 is 0.968 bits per heavy atom. The first-order valence-electron chi connectivity index (χ1n) is 11.1. The molecule has 0 aliphatic carbocycles. The average molecular weight is 421 g/mol. The topological polar surface area (TPSA) is 53.7 Å². The Labute approximate surface area is 184 Å². The minimum absolute atomic E-state index is 0.00140. The fourth-order valence-corrected chi connectivity index (χ4v) is 4.27. The Hall–Kier alpha value is -2.83. The predicted molar refractivity (Wildman–Crippen MR) is 122 cm³/mol. The van der Waals surface area contributed by atoms with E-state index in [9.17, 15) is 4.79 Å². The quantitative estimate of drug-likeness (QED) is 0.608. The van der Waals surface area contributed by atoms with Gasteiger partial charge in [0.15, 0.2) is 0 Å². The molecule has 164 valence electrons. The van der Waals surface area contributed by atoms with Gasteiger partial charge in [-0.15, -0.1) is 0 Å². The molecule has 6 nitrogen and oxygen atoms in total. The van der Waals surface area contributed by atoms with E-state index in [2.05, 4.69) is 50.0 Å². The highest BCUT2D eigenvalue weighted by Gasteiger charge is 2.19. The predicted octanol–water partition coefficient (Wildman–Crippen LogP) is 3.29. The van der Waals surface area contributed by atoms with Crippen molar-refractivity contribution >= 4 is 5.91 Å². The van der Waals surface area contributed by atoms with Crippen molar-refractivity contribution in [2.75, 3.05) is 39.3 Å². The summed E-state index contributed by atoms with van der Waals surface area (Å²) < 4.78 is 7.58. The lowest BCUT2D eigenvalue weighted by molar-refractivity contribution is 0.0933. The van der Waals surface area contributed by atoms with Gasteiger partial charge in [-0.25, -0.2) is 0 Å². The van der Waals surface area contributed by atoms with Crippen LogP contribution in [-0.2, 0) is 13.1 Å². The smallest absolute Gasteiger partial charge is 0.253 e. The second kappa shape index (κ2) is 9.98. The summed E-state index contributed by atoms with van der Waals surface area (Å²) in [7, 11) is 0. The van der Waals surface area contributed by atoms with Gasteiger partial charge in [-0.1, -0.05) is 30.3 Å². The van der Waals surface area contributed by atoms with Crippen LogP contribution in [-0.4, -0.2) is 59.5 Å². The van der Waals surface area contributed by atoms with Gasteiger partial charge in [-0.3, -0.25) is 14.6 Å². The highest BCUT2D eigenvalue weighted by Crippen LogP contribution is 2.17. The van der Waals surface area contributed by atoms with E-state index in [1.165, 1.54) is 5.56 Å². The van der Waals surface area contributed by atoms with Gasteiger partial charge in [0.2, 0.25) is 0 Å². The SMILES string of the molecule is Cc1cc(C(=O)NCCN2CCN(Cc3ccccc3)CC2)c(C)n1Cc1ccco1. The van der Waals surface area contributed by atoms with Gasteiger partial charge in [0, 0.05) is 57.2 Å². The summed E-state index contributed by atoms with van der Waals surface area (Å²) in [5.41, 5.74) is 4.15. The molecule has 2 aromatic heterocycles. The van der Waals surface area contributed by atoms with Gasteiger partial charge in [0.05, 0.1) is 18.4 Å². The lowest BCUT2D eigenvalue weighted by Gasteiger charge is -2.34. The van der Waals surface area contributed by atoms with Crippen LogP contribution in [0.1, 0.15) is 33.1 Å². The molecule has 1 fully saturated rings. The first-order chi connectivity index (χ1) is 15.1. The van der Waals surface area contributed by atoms with E-state index >= 15 is 0 Å². The molecule has 31 heavy (non-hydrogen) atoms. The molecule has 1 N–H and O–H groups in total. The van der Waals surface area contributed by atoms with Crippen LogP contribution in [0.4, 0.5) is 0 Å². The molecule has 1 amide bonds. The number of aryl methyl sites for hydroxylation is 1. The van der Waals surface area contributed by atoms with Crippen LogP contribution in [0.5, 0.6) is 0 Å². The van der Waals surface area contributed by atoms with Crippen molar-refractivity contribution in [3.05, 3.63) is 83.1 Å². The highest BCUT2D eigenvalue weighted by atomic mass is 16.3. The zero-order chi connectivity index (χ0) is 21.6. The molecular formula is C25H32N4O2. The molecule has 0 saturated carbocycles. The van der Waals surface area contributed by atoms with E-state index in [4.69, 9.17) is 4.42 Å². The molecule has 1 saturated heterocycles. The largest absolute Gasteiger partial charge is 0.467 e. The number of aromatic nitrogens is 1. The molecule has 0 atom stereocenters. The Kier molecular flexibility index (Phi) is 6.89. The molecular weight excluding hydrogens is 388 g/mol. The molecule has 0 radical (unpaired) electrons. The lowest BCUT2D eigenvalue weighted by Crippen LogP contribution is -2.48. The zero-order valence-corrected chi connectivity index (χ0v) is 18.5. The van der Waals surface area contributed by atoms with Crippen molar-refractivity contribution in [2.45, 2.75) is 26.9 Å². The van der Waals surface area contributed by atoms with Gasteiger partial charge in [0.25, 0.3) is 5.91 Å². The molecule has 1 aliphatic heterocycles. The Bertz CT molecular complexity index is 971. The normalized spacial score (nSPS) is 15.3. The van der Waals surface area contributed by atoms with Crippen LogP contribution in [0.15, 0.2) is 59.2 Å². The number of benzene rings is 1. The summed E-state index contributed by atoms with van der Waals surface area (Å²) >= 11 is 0.